The van der Waals surface area contributed by atoms with Crippen molar-refractivity contribution in [2.24, 2.45) is 0 Å². The summed E-state index contributed by atoms with van der Waals surface area (Å²) in [6.45, 7) is 0.799. The molecule has 2 heterocycles. The summed E-state index contributed by atoms with van der Waals surface area (Å²) in [6, 6.07) is 8.06. The van der Waals surface area contributed by atoms with Gasteiger partial charge in [-0.15, -0.1) is 11.3 Å². The molecule has 0 saturated carbocycles. The van der Waals surface area contributed by atoms with Gasteiger partial charge in [-0.3, -0.25) is 4.98 Å². The molecule has 0 amide bonds. The number of aromatic nitrogens is 4. The van der Waals surface area contributed by atoms with Crippen LogP contribution in [0.15, 0.2) is 48.6 Å². The van der Waals surface area contributed by atoms with Gasteiger partial charge in [0.15, 0.2) is 0 Å². The first-order chi connectivity index (χ1) is 8.92. The molecule has 0 spiro atoms. The maximum atomic E-state index is 4.08. The Bertz CT molecular complexity index is 586. The second-order valence-corrected chi connectivity index (χ2v) is 4.68. The molecule has 5 nitrogen and oxygen atoms in total. The Labute approximate surface area is 108 Å². The summed E-state index contributed by atoms with van der Waals surface area (Å²) in [5, 5.41) is 7.43. The van der Waals surface area contributed by atoms with E-state index in [1.54, 1.807) is 22.3 Å². The van der Waals surface area contributed by atoms with Crippen LogP contribution in [0, 0.1) is 0 Å². The molecule has 3 aromatic rings. The molecular weight excluding hydrogens is 246 g/mol. The number of thiazole rings is 1. The van der Waals surface area contributed by atoms with E-state index in [9.17, 15) is 0 Å². The molecule has 3 rings (SSSR count). The smallest absolute Gasteiger partial charge is 0.138 e. The van der Waals surface area contributed by atoms with Gasteiger partial charge in [-0.05, 0) is 24.3 Å². The SMILES string of the molecule is c1ncn(-c2ccc(NCc3cncs3)cc2)n1. The van der Waals surface area contributed by atoms with Crippen molar-refractivity contribution >= 4 is 17.0 Å². The molecule has 1 N–H and O–H groups in total. The van der Waals surface area contributed by atoms with Crippen molar-refractivity contribution in [3.8, 4) is 5.69 Å². The van der Waals surface area contributed by atoms with E-state index in [-0.39, 0.29) is 0 Å². The van der Waals surface area contributed by atoms with E-state index >= 15 is 0 Å². The van der Waals surface area contributed by atoms with Crippen molar-refractivity contribution in [2.45, 2.75) is 6.54 Å². The normalized spacial score (nSPS) is 10.4. The molecular formula is C12H11N5S. The van der Waals surface area contributed by atoms with E-state index in [2.05, 4.69) is 20.4 Å². The fraction of sp³-hybridized carbons (Fsp3) is 0.0833. The van der Waals surface area contributed by atoms with Gasteiger partial charge in [0.1, 0.15) is 12.7 Å². The molecule has 90 valence electrons. The lowest BCUT2D eigenvalue weighted by atomic mass is 10.3. The summed E-state index contributed by atoms with van der Waals surface area (Å²) >= 11 is 1.65. The lowest BCUT2D eigenvalue weighted by molar-refractivity contribution is 0.879. The van der Waals surface area contributed by atoms with Gasteiger partial charge in [0, 0.05) is 16.8 Å². The van der Waals surface area contributed by atoms with Gasteiger partial charge >= 0.3 is 0 Å². The van der Waals surface area contributed by atoms with E-state index in [1.807, 2.05) is 36.0 Å². The van der Waals surface area contributed by atoms with Crippen LogP contribution in [0.4, 0.5) is 5.69 Å². The van der Waals surface area contributed by atoms with E-state index in [0.717, 1.165) is 17.9 Å². The maximum Gasteiger partial charge on any atom is 0.138 e. The molecule has 0 fully saturated rings. The van der Waals surface area contributed by atoms with Gasteiger partial charge in [-0.25, -0.2) is 9.67 Å². The number of nitrogens with zero attached hydrogens (tertiary/aromatic N) is 4. The van der Waals surface area contributed by atoms with Crippen LogP contribution in [0.5, 0.6) is 0 Å². The van der Waals surface area contributed by atoms with Crippen molar-refractivity contribution in [1.82, 2.24) is 19.7 Å². The van der Waals surface area contributed by atoms with Crippen LogP contribution < -0.4 is 5.32 Å². The molecule has 0 radical (unpaired) electrons. The Kier molecular flexibility index (Phi) is 3.01. The number of hydrogen-bond acceptors (Lipinski definition) is 5. The molecule has 0 aliphatic heterocycles. The second-order valence-electron chi connectivity index (χ2n) is 3.71. The minimum atomic E-state index is 0.799. The van der Waals surface area contributed by atoms with Crippen molar-refractivity contribution in [3.63, 3.8) is 0 Å². The Hall–Kier alpha value is -2.21. The first-order valence-electron chi connectivity index (χ1n) is 5.48. The Balaban J connectivity index is 1.68. The third-order valence-corrected chi connectivity index (χ3v) is 3.28. The maximum absolute atomic E-state index is 4.08. The number of hydrogen-bond donors (Lipinski definition) is 1. The lowest BCUT2D eigenvalue weighted by Crippen LogP contribution is -1.98. The molecule has 0 aliphatic rings. The highest BCUT2D eigenvalue weighted by atomic mass is 32.1. The molecule has 0 aliphatic carbocycles. The minimum absolute atomic E-state index is 0.799. The largest absolute Gasteiger partial charge is 0.380 e. The van der Waals surface area contributed by atoms with Crippen molar-refractivity contribution < 1.29 is 0 Å². The predicted molar refractivity (Wildman–Crippen MR) is 70.8 cm³/mol. The van der Waals surface area contributed by atoms with Gasteiger partial charge in [0.05, 0.1) is 17.7 Å². The van der Waals surface area contributed by atoms with Gasteiger partial charge in [0.2, 0.25) is 0 Å². The number of rotatable bonds is 4. The van der Waals surface area contributed by atoms with Crippen molar-refractivity contribution in [3.05, 3.63) is 53.5 Å². The summed E-state index contributed by atoms with van der Waals surface area (Å²) < 4.78 is 1.73. The lowest BCUT2D eigenvalue weighted by Gasteiger charge is -2.06. The average molecular weight is 257 g/mol. The van der Waals surface area contributed by atoms with Crippen LogP contribution in [0.25, 0.3) is 5.69 Å². The van der Waals surface area contributed by atoms with Gasteiger partial charge in [0.25, 0.3) is 0 Å². The zero-order valence-electron chi connectivity index (χ0n) is 9.52. The first kappa shape index (κ1) is 10.9. The molecule has 18 heavy (non-hydrogen) atoms. The minimum Gasteiger partial charge on any atom is -0.380 e. The van der Waals surface area contributed by atoms with Crippen LogP contribution >= 0.6 is 11.3 Å². The third-order valence-electron chi connectivity index (χ3n) is 2.50. The van der Waals surface area contributed by atoms with Crippen LogP contribution in [-0.4, -0.2) is 19.7 Å². The van der Waals surface area contributed by atoms with Crippen LogP contribution in [0.3, 0.4) is 0 Å². The molecule has 0 atom stereocenters. The monoisotopic (exact) mass is 257 g/mol. The Morgan fingerprint density at radius 2 is 2.06 bits per heavy atom. The van der Waals surface area contributed by atoms with Gasteiger partial charge in [-0.2, -0.15) is 5.10 Å². The van der Waals surface area contributed by atoms with E-state index in [1.165, 1.54) is 11.2 Å². The predicted octanol–water partition coefficient (Wildman–Crippen LogP) is 2.34. The van der Waals surface area contributed by atoms with Crippen molar-refractivity contribution in [1.29, 1.82) is 0 Å². The molecule has 6 heteroatoms. The highest BCUT2D eigenvalue weighted by Crippen LogP contribution is 2.14. The Morgan fingerprint density at radius 1 is 1.17 bits per heavy atom. The second kappa shape index (κ2) is 4.97. The highest BCUT2D eigenvalue weighted by molar-refractivity contribution is 7.09. The number of benzene rings is 1. The molecule has 0 bridgehead atoms. The van der Waals surface area contributed by atoms with E-state index < -0.39 is 0 Å². The van der Waals surface area contributed by atoms with Crippen LogP contribution in [-0.2, 0) is 6.54 Å². The fourth-order valence-corrected chi connectivity index (χ4v) is 2.13. The van der Waals surface area contributed by atoms with Crippen molar-refractivity contribution in [2.75, 3.05) is 5.32 Å². The zero-order valence-corrected chi connectivity index (χ0v) is 10.3. The standard InChI is InChI=1S/C12H11N5S/c1-3-11(17-8-14-7-16-17)4-2-10(1)15-6-12-5-13-9-18-12/h1-5,7-9,15H,6H2. The first-order valence-corrected chi connectivity index (χ1v) is 6.36. The average Bonchev–Trinajstić information content (AvgIpc) is 3.10. The molecule has 2 aromatic heterocycles. The van der Waals surface area contributed by atoms with Gasteiger partial charge in [-0.1, -0.05) is 0 Å². The number of nitrogens with one attached hydrogen (secondary N) is 1. The highest BCUT2D eigenvalue weighted by Gasteiger charge is 1.98. The summed E-state index contributed by atoms with van der Waals surface area (Å²) in [7, 11) is 0. The summed E-state index contributed by atoms with van der Waals surface area (Å²) in [4.78, 5) is 9.18. The third kappa shape index (κ3) is 2.38. The van der Waals surface area contributed by atoms with Crippen LogP contribution in [0.2, 0.25) is 0 Å². The Morgan fingerprint density at radius 3 is 2.72 bits per heavy atom. The summed E-state index contributed by atoms with van der Waals surface area (Å²) in [5.41, 5.74) is 3.91. The van der Waals surface area contributed by atoms with Gasteiger partial charge < -0.3 is 5.32 Å². The number of anilines is 1. The molecule has 0 unspecified atom stereocenters. The topological polar surface area (TPSA) is 55.6 Å². The van der Waals surface area contributed by atoms with Crippen LogP contribution in [0.1, 0.15) is 4.88 Å². The fourth-order valence-electron chi connectivity index (χ4n) is 1.59. The van der Waals surface area contributed by atoms with E-state index in [0.29, 0.717) is 0 Å². The quantitative estimate of drug-likeness (QED) is 0.779. The summed E-state index contributed by atoms with van der Waals surface area (Å²) in [6.07, 6.45) is 5.08. The molecule has 1 aromatic carbocycles. The summed E-state index contributed by atoms with van der Waals surface area (Å²) in [5.74, 6) is 0. The van der Waals surface area contributed by atoms with E-state index in [4.69, 9.17) is 0 Å². The zero-order chi connectivity index (χ0) is 12.2. The molecule has 0 saturated heterocycles.